The first kappa shape index (κ1) is 19.5. The summed E-state index contributed by atoms with van der Waals surface area (Å²) >= 11 is 0. The second-order valence-corrected chi connectivity index (χ2v) is 6.42. The van der Waals surface area contributed by atoms with Crippen molar-refractivity contribution in [3.8, 4) is 17.2 Å². The molecule has 2 aromatic rings. The van der Waals surface area contributed by atoms with Crippen molar-refractivity contribution in [3.05, 3.63) is 42.5 Å². The first-order valence-corrected chi connectivity index (χ1v) is 9.05. The highest BCUT2D eigenvalue weighted by Gasteiger charge is 2.21. The molecule has 0 radical (unpaired) electrons. The maximum atomic E-state index is 12.5. The third-order valence-electron chi connectivity index (χ3n) is 4.71. The Balaban J connectivity index is 1.59. The lowest BCUT2D eigenvalue weighted by Crippen LogP contribution is -2.31. The van der Waals surface area contributed by atoms with Gasteiger partial charge in [0.05, 0.1) is 14.2 Å². The number of ether oxygens (including phenoxy) is 3. The minimum absolute atomic E-state index is 0.104. The highest BCUT2D eigenvalue weighted by atomic mass is 16.5. The zero-order valence-electron chi connectivity index (χ0n) is 16.3. The lowest BCUT2D eigenvalue weighted by molar-refractivity contribution is -0.120. The molecule has 7 nitrogen and oxygen atoms in total. The molecule has 0 atom stereocenters. The van der Waals surface area contributed by atoms with Crippen LogP contribution >= 0.6 is 0 Å². The Hall–Kier alpha value is -3.22. The Labute approximate surface area is 164 Å². The van der Waals surface area contributed by atoms with Gasteiger partial charge in [-0.15, -0.1) is 0 Å². The number of rotatable bonds is 7. The highest BCUT2D eigenvalue weighted by Crippen LogP contribution is 2.31. The number of carbonyl (C=O) groups is 2. The fourth-order valence-electron chi connectivity index (χ4n) is 3.06. The van der Waals surface area contributed by atoms with Gasteiger partial charge in [0.15, 0.2) is 18.1 Å². The number of likely N-dealkylation sites (N-methyl/N-ethyl adjacent to an activating group) is 1. The van der Waals surface area contributed by atoms with Crippen LogP contribution in [0.25, 0.3) is 0 Å². The van der Waals surface area contributed by atoms with Gasteiger partial charge in [-0.1, -0.05) is 0 Å². The lowest BCUT2D eigenvalue weighted by Gasteiger charge is -2.19. The van der Waals surface area contributed by atoms with Crippen LogP contribution in [-0.4, -0.2) is 46.2 Å². The molecule has 148 valence electrons. The van der Waals surface area contributed by atoms with Gasteiger partial charge in [0.2, 0.25) is 5.91 Å². The van der Waals surface area contributed by atoms with Gasteiger partial charge in [-0.05, 0) is 42.8 Å². The van der Waals surface area contributed by atoms with Crippen LogP contribution in [0.3, 0.4) is 0 Å². The third-order valence-corrected chi connectivity index (χ3v) is 4.71. The smallest absolute Gasteiger partial charge is 0.264 e. The van der Waals surface area contributed by atoms with E-state index in [0.29, 0.717) is 29.4 Å². The Morgan fingerprint density at radius 3 is 2.39 bits per heavy atom. The monoisotopic (exact) mass is 384 g/mol. The summed E-state index contributed by atoms with van der Waals surface area (Å²) in [6.45, 7) is 0.639. The van der Waals surface area contributed by atoms with Gasteiger partial charge >= 0.3 is 0 Å². The summed E-state index contributed by atoms with van der Waals surface area (Å²) in [6.07, 6.45) is 1.48. The number of carbonyl (C=O) groups excluding carboxylic acids is 2. The van der Waals surface area contributed by atoms with E-state index in [0.717, 1.165) is 18.7 Å². The van der Waals surface area contributed by atoms with Gasteiger partial charge in [-0.25, -0.2) is 0 Å². The molecule has 1 saturated heterocycles. The van der Waals surface area contributed by atoms with Crippen molar-refractivity contribution >= 4 is 23.2 Å². The SMILES string of the molecule is COc1ccc(N(C)C(=O)COc2ccc(N3CCCC3=O)cc2)cc1OC. The van der Waals surface area contributed by atoms with E-state index in [-0.39, 0.29) is 18.4 Å². The number of benzene rings is 2. The molecule has 7 heteroatoms. The minimum Gasteiger partial charge on any atom is -0.493 e. The van der Waals surface area contributed by atoms with Crippen LogP contribution in [-0.2, 0) is 9.59 Å². The summed E-state index contributed by atoms with van der Waals surface area (Å²) in [5.41, 5.74) is 1.53. The molecule has 0 aliphatic carbocycles. The van der Waals surface area contributed by atoms with E-state index in [9.17, 15) is 9.59 Å². The summed E-state index contributed by atoms with van der Waals surface area (Å²) in [4.78, 5) is 27.5. The number of hydrogen-bond acceptors (Lipinski definition) is 5. The second kappa shape index (κ2) is 8.65. The molecule has 2 aromatic carbocycles. The van der Waals surface area contributed by atoms with E-state index >= 15 is 0 Å². The second-order valence-electron chi connectivity index (χ2n) is 6.42. The topological polar surface area (TPSA) is 68.3 Å². The molecule has 0 saturated carbocycles. The predicted octanol–water partition coefficient (Wildman–Crippen LogP) is 2.87. The first-order valence-electron chi connectivity index (χ1n) is 9.05. The van der Waals surface area contributed by atoms with Gasteiger partial charge in [0.25, 0.3) is 5.91 Å². The van der Waals surface area contributed by atoms with Crippen molar-refractivity contribution in [2.24, 2.45) is 0 Å². The number of hydrogen-bond donors (Lipinski definition) is 0. The predicted molar refractivity (Wildman–Crippen MR) is 106 cm³/mol. The average Bonchev–Trinajstić information content (AvgIpc) is 3.17. The van der Waals surface area contributed by atoms with Crippen molar-refractivity contribution in [3.63, 3.8) is 0 Å². The molecule has 1 fully saturated rings. The zero-order chi connectivity index (χ0) is 20.1. The number of methoxy groups -OCH3 is 2. The van der Waals surface area contributed by atoms with Gasteiger partial charge in [0.1, 0.15) is 5.75 Å². The minimum atomic E-state index is -0.203. The summed E-state index contributed by atoms with van der Waals surface area (Å²) in [6, 6.07) is 12.5. The van der Waals surface area contributed by atoms with Crippen LogP contribution in [0.4, 0.5) is 11.4 Å². The van der Waals surface area contributed by atoms with Crippen molar-refractivity contribution < 1.29 is 23.8 Å². The molecule has 0 unspecified atom stereocenters. The number of anilines is 2. The van der Waals surface area contributed by atoms with Crippen molar-refractivity contribution in [2.45, 2.75) is 12.8 Å². The molecule has 1 heterocycles. The summed E-state index contributed by atoms with van der Waals surface area (Å²) in [7, 11) is 4.78. The quantitative estimate of drug-likeness (QED) is 0.734. The van der Waals surface area contributed by atoms with Crippen molar-refractivity contribution in [1.82, 2.24) is 0 Å². The van der Waals surface area contributed by atoms with Crippen LogP contribution in [0.2, 0.25) is 0 Å². The molecule has 0 N–H and O–H groups in total. The van der Waals surface area contributed by atoms with Crippen LogP contribution in [0, 0.1) is 0 Å². The van der Waals surface area contributed by atoms with Crippen LogP contribution < -0.4 is 24.0 Å². The Morgan fingerprint density at radius 1 is 1.07 bits per heavy atom. The molecular formula is C21H24N2O5. The summed E-state index contributed by atoms with van der Waals surface area (Å²) in [5.74, 6) is 1.66. The normalized spacial score (nSPS) is 13.4. The maximum Gasteiger partial charge on any atom is 0.264 e. The van der Waals surface area contributed by atoms with Gasteiger partial charge in [-0.2, -0.15) is 0 Å². The Kier molecular flexibility index (Phi) is 6.03. The largest absolute Gasteiger partial charge is 0.493 e. The van der Waals surface area contributed by atoms with E-state index in [1.807, 2.05) is 12.1 Å². The van der Waals surface area contributed by atoms with E-state index in [2.05, 4.69) is 0 Å². The zero-order valence-corrected chi connectivity index (χ0v) is 16.3. The highest BCUT2D eigenvalue weighted by molar-refractivity contribution is 5.95. The van der Waals surface area contributed by atoms with Crippen LogP contribution in [0.1, 0.15) is 12.8 Å². The van der Waals surface area contributed by atoms with E-state index < -0.39 is 0 Å². The van der Waals surface area contributed by atoms with E-state index in [1.165, 1.54) is 4.90 Å². The van der Waals surface area contributed by atoms with Gasteiger partial charge in [-0.3, -0.25) is 9.59 Å². The molecular weight excluding hydrogens is 360 g/mol. The Morgan fingerprint density at radius 2 is 1.79 bits per heavy atom. The van der Waals surface area contributed by atoms with Crippen LogP contribution in [0.5, 0.6) is 17.2 Å². The third kappa shape index (κ3) is 4.19. The molecule has 2 amide bonds. The number of amides is 2. The average molecular weight is 384 g/mol. The standard InChI is InChI=1S/C21H24N2O5/c1-22(16-8-11-18(26-2)19(13-16)27-3)21(25)14-28-17-9-6-15(7-10-17)23-12-4-5-20(23)24/h6-11,13H,4-5,12,14H2,1-3H3. The van der Waals surface area contributed by atoms with Crippen LogP contribution in [0.15, 0.2) is 42.5 Å². The molecule has 0 aromatic heterocycles. The van der Waals surface area contributed by atoms with E-state index in [1.54, 1.807) is 56.5 Å². The first-order chi connectivity index (χ1) is 13.5. The molecule has 28 heavy (non-hydrogen) atoms. The van der Waals surface area contributed by atoms with Crippen molar-refractivity contribution in [1.29, 1.82) is 0 Å². The van der Waals surface area contributed by atoms with E-state index in [4.69, 9.17) is 14.2 Å². The molecule has 3 rings (SSSR count). The summed E-state index contributed by atoms with van der Waals surface area (Å²) < 4.78 is 16.1. The fraction of sp³-hybridized carbons (Fsp3) is 0.333. The Bertz CT molecular complexity index is 850. The fourth-order valence-corrected chi connectivity index (χ4v) is 3.06. The number of nitrogens with zero attached hydrogens (tertiary/aromatic N) is 2. The molecule has 1 aliphatic heterocycles. The lowest BCUT2D eigenvalue weighted by atomic mass is 10.2. The summed E-state index contributed by atoms with van der Waals surface area (Å²) in [5, 5.41) is 0. The van der Waals surface area contributed by atoms with Crippen molar-refractivity contribution in [2.75, 3.05) is 44.2 Å². The maximum absolute atomic E-state index is 12.5. The molecule has 0 spiro atoms. The molecule has 1 aliphatic rings. The van der Waals surface area contributed by atoms with Gasteiger partial charge in [0, 0.05) is 37.5 Å². The molecule has 0 bridgehead atoms. The van der Waals surface area contributed by atoms with Gasteiger partial charge < -0.3 is 24.0 Å².